The molecule has 32 heavy (non-hydrogen) atoms. The highest BCUT2D eigenvalue weighted by Crippen LogP contribution is 2.40. The second-order valence-corrected chi connectivity index (χ2v) is 8.25. The number of fused-ring (bicyclic) bond motifs is 2. The molecule has 1 saturated heterocycles. The minimum Gasteiger partial charge on any atom is -0.489 e. The van der Waals surface area contributed by atoms with Crippen molar-refractivity contribution in [3.8, 4) is 5.75 Å². The number of amides is 2. The van der Waals surface area contributed by atoms with Crippen LogP contribution in [0.2, 0.25) is 0 Å². The van der Waals surface area contributed by atoms with Gasteiger partial charge in [-0.1, -0.05) is 18.2 Å². The van der Waals surface area contributed by atoms with Gasteiger partial charge in [0.05, 0.1) is 17.4 Å². The van der Waals surface area contributed by atoms with Crippen molar-refractivity contribution in [2.45, 2.75) is 12.5 Å². The van der Waals surface area contributed by atoms with E-state index < -0.39 is 11.8 Å². The number of carbonyl (C=O) groups is 2. The lowest BCUT2D eigenvalue weighted by molar-refractivity contribution is -0.122. The lowest BCUT2D eigenvalue weighted by Gasteiger charge is -2.14. The molecule has 6 rings (SSSR count). The molecule has 2 N–H and O–H groups in total. The van der Waals surface area contributed by atoms with Crippen LogP contribution in [0.5, 0.6) is 5.75 Å². The molecular weight excluding hydrogens is 406 g/mol. The van der Waals surface area contributed by atoms with Gasteiger partial charge < -0.3 is 19.0 Å². The van der Waals surface area contributed by atoms with Crippen LogP contribution in [0.1, 0.15) is 17.5 Å². The van der Waals surface area contributed by atoms with Crippen molar-refractivity contribution in [3.63, 3.8) is 0 Å². The van der Waals surface area contributed by atoms with Crippen LogP contribution in [0, 0.1) is 0 Å². The van der Waals surface area contributed by atoms with Crippen molar-refractivity contribution in [1.29, 1.82) is 0 Å². The third-order valence-electron chi connectivity index (χ3n) is 6.21. The predicted molar refractivity (Wildman–Crippen MR) is 121 cm³/mol. The lowest BCUT2D eigenvalue weighted by Crippen LogP contribution is -2.22. The Morgan fingerprint density at radius 3 is 2.69 bits per heavy atom. The van der Waals surface area contributed by atoms with Crippen molar-refractivity contribution < 1.29 is 18.7 Å². The Morgan fingerprint density at radius 1 is 1.06 bits per heavy atom. The van der Waals surface area contributed by atoms with E-state index in [1.54, 1.807) is 6.26 Å². The van der Waals surface area contributed by atoms with Crippen molar-refractivity contribution in [1.82, 2.24) is 15.2 Å². The molecule has 7 heteroatoms. The number of aryl methyl sites for hydroxylation is 1. The normalized spacial score (nSPS) is 18.8. The second-order valence-electron chi connectivity index (χ2n) is 8.25. The van der Waals surface area contributed by atoms with Gasteiger partial charge >= 0.3 is 0 Å². The molecular formula is C25H21N3O4. The third kappa shape index (κ3) is 2.85. The molecule has 2 aromatic carbocycles. The molecule has 0 aliphatic carbocycles. The largest absolute Gasteiger partial charge is 0.489 e. The number of rotatable bonds is 4. The maximum atomic E-state index is 13.0. The predicted octanol–water partition coefficient (Wildman–Crippen LogP) is 3.23. The minimum atomic E-state index is -0.435. The molecule has 1 fully saturated rings. The molecule has 7 nitrogen and oxygen atoms in total. The Hall–Kier alpha value is -3.84. The summed E-state index contributed by atoms with van der Waals surface area (Å²) in [7, 11) is 1.93. The summed E-state index contributed by atoms with van der Waals surface area (Å²) in [6.45, 7) is 1.69. The van der Waals surface area contributed by atoms with Gasteiger partial charge in [-0.2, -0.15) is 0 Å². The Kier molecular flexibility index (Phi) is 4.19. The highest BCUT2D eigenvalue weighted by atomic mass is 16.5. The van der Waals surface area contributed by atoms with Gasteiger partial charge in [0.15, 0.2) is 0 Å². The highest BCUT2D eigenvalue weighted by molar-refractivity contribution is 6.50. The molecule has 160 valence electrons. The van der Waals surface area contributed by atoms with E-state index in [-0.39, 0.29) is 6.10 Å². The van der Waals surface area contributed by atoms with Gasteiger partial charge in [0, 0.05) is 47.2 Å². The number of aromatic nitrogens is 1. The number of ether oxygens (including phenoxy) is 1. The maximum Gasteiger partial charge on any atom is 0.259 e. The summed E-state index contributed by atoms with van der Waals surface area (Å²) in [5.41, 5.74) is 3.47. The van der Waals surface area contributed by atoms with E-state index in [1.165, 1.54) is 0 Å². The van der Waals surface area contributed by atoms with Crippen molar-refractivity contribution in [2.24, 2.45) is 7.05 Å². The Morgan fingerprint density at radius 2 is 1.88 bits per heavy atom. The van der Waals surface area contributed by atoms with Gasteiger partial charge in [-0.25, -0.2) is 0 Å². The number of benzene rings is 2. The Bertz CT molecular complexity index is 1440. The number of nitrogens with zero attached hydrogens (tertiary/aromatic N) is 1. The Balaban J connectivity index is 1.59. The number of furan rings is 1. The maximum absolute atomic E-state index is 13.0. The summed E-state index contributed by atoms with van der Waals surface area (Å²) in [4.78, 5) is 26.0. The fourth-order valence-electron chi connectivity index (χ4n) is 4.74. The summed E-state index contributed by atoms with van der Waals surface area (Å²) < 4.78 is 13.9. The van der Waals surface area contributed by atoms with Crippen molar-refractivity contribution in [2.75, 3.05) is 13.1 Å². The summed E-state index contributed by atoms with van der Waals surface area (Å²) >= 11 is 0. The summed E-state index contributed by atoms with van der Waals surface area (Å²) in [6, 6.07) is 13.4. The van der Waals surface area contributed by atoms with E-state index in [0.717, 1.165) is 35.8 Å². The van der Waals surface area contributed by atoms with Crippen LogP contribution in [-0.2, 0) is 16.6 Å². The number of para-hydroxylation sites is 1. The standard InChI is InChI=1S/C25H21N3O4/c1-28-13-19(17-4-2-3-5-20(17)28)22-21(24(29)27-25(22)30)18-11-16(32-15-6-8-26-12-15)10-14-7-9-31-23(14)18/h2-5,7,9-11,13,15,26H,6,8,12H2,1H3,(H,27,29,30)/t15-/m1/s1. The average Bonchev–Trinajstić information content (AvgIpc) is 3.56. The number of imide groups is 1. The molecule has 2 aromatic heterocycles. The van der Waals surface area contributed by atoms with Crippen LogP contribution < -0.4 is 15.4 Å². The topological polar surface area (TPSA) is 85.5 Å². The van der Waals surface area contributed by atoms with E-state index in [0.29, 0.717) is 33.6 Å². The van der Waals surface area contributed by atoms with Gasteiger partial charge in [0.25, 0.3) is 11.8 Å². The minimum absolute atomic E-state index is 0.0674. The average molecular weight is 427 g/mol. The first-order valence-corrected chi connectivity index (χ1v) is 10.6. The van der Waals surface area contributed by atoms with E-state index in [2.05, 4.69) is 10.6 Å². The molecule has 0 spiro atoms. The molecule has 0 saturated carbocycles. The monoisotopic (exact) mass is 427 g/mol. The number of carbonyl (C=O) groups excluding carboxylic acids is 2. The molecule has 0 bridgehead atoms. The SMILES string of the molecule is Cn1cc(C2=C(c3cc(O[C@@H]4CCNC4)cc4ccoc34)C(=O)NC2=O)c2ccccc21. The first-order chi connectivity index (χ1) is 15.6. The molecule has 4 aromatic rings. The second kappa shape index (κ2) is 7.10. The molecule has 2 aliphatic rings. The van der Waals surface area contributed by atoms with Crippen LogP contribution in [0.3, 0.4) is 0 Å². The van der Waals surface area contributed by atoms with E-state index in [1.807, 2.05) is 60.3 Å². The summed E-state index contributed by atoms with van der Waals surface area (Å²) in [6.07, 6.45) is 4.46. The van der Waals surface area contributed by atoms with E-state index in [4.69, 9.17) is 9.15 Å². The smallest absolute Gasteiger partial charge is 0.259 e. The number of hydrogen-bond donors (Lipinski definition) is 2. The lowest BCUT2D eigenvalue weighted by atomic mass is 9.94. The van der Waals surface area contributed by atoms with Crippen LogP contribution in [0.15, 0.2) is 59.3 Å². The van der Waals surface area contributed by atoms with Crippen LogP contribution in [0.4, 0.5) is 0 Å². The fourth-order valence-corrected chi connectivity index (χ4v) is 4.74. The van der Waals surface area contributed by atoms with Gasteiger partial charge in [-0.3, -0.25) is 14.9 Å². The quantitative estimate of drug-likeness (QED) is 0.489. The third-order valence-corrected chi connectivity index (χ3v) is 6.21. The Labute approximate surface area is 183 Å². The van der Waals surface area contributed by atoms with E-state index in [9.17, 15) is 9.59 Å². The molecule has 1 atom stereocenters. The van der Waals surface area contributed by atoms with Crippen molar-refractivity contribution in [3.05, 3.63) is 66.1 Å². The van der Waals surface area contributed by atoms with E-state index >= 15 is 0 Å². The van der Waals surface area contributed by atoms with Crippen LogP contribution in [-0.4, -0.2) is 35.6 Å². The zero-order chi connectivity index (χ0) is 21.8. The first-order valence-electron chi connectivity index (χ1n) is 10.6. The van der Waals surface area contributed by atoms with Crippen LogP contribution in [0.25, 0.3) is 33.0 Å². The summed E-state index contributed by atoms with van der Waals surface area (Å²) in [5.74, 6) is -0.192. The molecule has 2 aliphatic heterocycles. The van der Waals surface area contributed by atoms with Gasteiger partial charge in [-0.05, 0) is 37.2 Å². The van der Waals surface area contributed by atoms with Crippen LogP contribution >= 0.6 is 0 Å². The molecule has 2 amide bonds. The van der Waals surface area contributed by atoms with Gasteiger partial charge in [-0.15, -0.1) is 0 Å². The molecule has 0 unspecified atom stereocenters. The zero-order valence-electron chi connectivity index (χ0n) is 17.5. The number of hydrogen-bond acceptors (Lipinski definition) is 5. The molecule has 0 radical (unpaired) electrons. The van der Waals surface area contributed by atoms with Crippen molar-refractivity contribution >= 4 is 44.8 Å². The fraction of sp³-hybridized carbons (Fsp3) is 0.200. The highest BCUT2D eigenvalue weighted by Gasteiger charge is 2.35. The first kappa shape index (κ1) is 18.9. The van der Waals surface area contributed by atoms with Gasteiger partial charge in [0.2, 0.25) is 0 Å². The zero-order valence-corrected chi connectivity index (χ0v) is 17.5. The number of nitrogens with one attached hydrogen (secondary N) is 2. The summed E-state index contributed by atoms with van der Waals surface area (Å²) in [5, 5.41) is 7.50. The van der Waals surface area contributed by atoms with Gasteiger partial charge in [0.1, 0.15) is 17.4 Å². The molecule has 4 heterocycles.